The molecule has 0 heterocycles. The Kier molecular flexibility index (Phi) is 3.42. The van der Waals surface area contributed by atoms with Gasteiger partial charge in [-0.05, 0) is 29.6 Å². The number of hydrogen-bond donors (Lipinski definition) is 2. The van der Waals surface area contributed by atoms with Crippen LogP contribution in [0.5, 0.6) is 0 Å². The number of alkyl halides is 1. The van der Waals surface area contributed by atoms with E-state index in [2.05, 4.69) is 29.8 Å². The van der Waals surface area contributed by atoms with Crippen molar-refractivity contribution in [3.63, 3.8) is 0 Å². The van der Waals surface area contributed by atoms with Crippen molar-refractivity contribution in [2.75, 3.05) is 18.5 Å². The van der Waals surface area contributed by atoms with E-state index in [0.29, 0.717) is 5.92 Å². The molecule has 1 saturated carbocycles. The lowest BCUT2D eigenvalue weighted by molar-refractivity contribution is 0.0149. The number of aliphatic hydroxyl groups excluding tert-OH is 2. The maximum Gasteiger partial charge on any atom is 0.0490 e. The predicted octanol–water partition coefficient (Wildman–Crippen LogP) is 1.79. The Bertz CT molecular complexity index is 186. The van der Waals surface area contributed by atoms with E-state index in [-0.39, 0.29) is 24.0 Å². The molecule has 13 heavy (non-hydrogen) atoms. The molecule has 2 nitrogen and oxygen atoms in total. The lowest BCUT2D eigenvalue weighted by Crippen LogP contribution is -2.42. The summed E-state index contributed by atoms with van der Waals surface area (Å²) in [6, 6.07) is 0. The molecule has 2 N–H and O–H groups in total. The topological polar surface area (TPSA) is 40.5 Å². The van der Waals surface area contributed by atoms with Gasteiger partial charge in [-0.15, -0.1) is 0 Å². The van der Waals surface area contributed by atoms with Crippen LogP contribution in [0.2, 0.25) is 0 Å². The first-order chi connectivity index (χ1) is 6.04. The van der Waals surface area contributed by atoms with Crippen LogP contribution in [0.4, 0.5) is 0 Å². The van der Waals surface area contributed by atoms with Crippen LogP contribution in [0.3, 0.4) is 0 Å². The third-order valence-electron chi connectivity index (χ3n) is 4.17. The van der Waals surface area contributed by atoms with Gasteiger partial charge in [-0.1, -0.05) is 29.8 Å². The number of halogens is 1. The van der Waals surface area contributed by atoms with Crippen LogP contribution >= 0.6 is 15.9 Å². The highest BCUT2D eigenvalue weighted by Crippen LogP contribution is 2.56. The zero-order valence-electron chi connectivity index (χ0n) is 8.39. The van der Waals surface area contributed by atoms with Crippen LogP contribution in [0.1, 0.15) is 26.7 Å². The molecule has 1 aliphatic carbocycles. The van der Waals surface area contributed by atoms with Crippen molar-refractivity contribution in [1.29, 1.82) is 0 Å². The standard InChI is InChI=1S/C10H19BrO2/c1-9(7-13)4-3-8(5-12)10(9,2)6-11/h8,12-13H,3-7H2,1-2H3/t8-,9-,10-/m1/s1. The lowest BCUT2D eigenvalue weighted by Gasteiger charge is -2.42. The van der Waals surface area contributed by atoms with E-state index in [1.807, 2.05) is 0 Å². The van der Waals surface area contributed by atoms with E-state index in [4.69, 9.17) is 0 Å². The zero-order valence-corrected chi connectivity index (χ0v) is 9.97. The molecule has 0 unspecified atom stereocenters. The van der Waals surface area contributed by atoms with Gasteiger partial charge < -0.3 is 10.2 Å². The Morgan fingerprint density at radius 1 is 1.38 bits per heavy atom. The molecule has 3 atom stereocenters. The second-order valence-corrected chi connectivity index (χ2v) is 5.25. The minimum absolute atomic E-state index is 0.0243. The molecule has 0 aromatic carbocycles. The smallest absolute Gasteiger partial charge is 0.0490 e. The van der Waals surface area contributed by atoms with Gasteiger partial charge in [0.15, 0.2) is 0 Å². The van der Waals surface area contributed by atoms with Gasteiger partial charge in [0.1, 0.15) is 0 Å². The van der Waals surface area contributed by atoms with Crippen molar-refractivity contribution in [1.82, 2.24) is 0 Å². The van der Waals surface area contributed by atoms with Gasteiger partial charge in [0.05, 0.1) is 0 Å². The third-order valence-corrected chi connectivity index (χ3v) is 5.34. The summed E-state index contributed by atoms with van der Waals surface area (Å²) in [6.07, 6.45) is 2.03. The van der Waals surface area contributed by atoms with Gasteiger partial charge in [-0.2, -0.15) is 0 Å². The van der Waals surface area contributed by atoms with Gasteiger partial charge in [-0.3, -0.25) is 0 Å². The van der Waals surface area contributed by atoms with Crippen molar-refractivity contribution >= 4 is 15.9 Å². The van der Waals surface area contributed by atoms with Crippen LogP contribution in [0.15, 0.2) is 0 Å². The molecule has 1 rings (SSSR count). The largest absolute Gasteiger partial charge is 0.396 e. The molecule has 0 saturated heterocycles. The molecule has 78 valence electrons. The monoisotopic (exact) mass is 250 g/mol. The molecule has 0 aromatic heterocycles. The molecule has 0 radical (unpaired) electrons. The average Bonchev–Trinajstić information content (AvgIpc) is 2.41. The van der Waals surface area contributed by atoms with E-state index in [1.165, 1.54) is 0 Å². The number of aliphatic hydroxyl groups is 2. The van der Waals surface area contributed by atoms with Crippen LogP contribution in [-0.4, -0.2) is 28.8 Å². The fraction of sp³-hybridized carbons (Fsp3) is 1.00. The van der Waals surface area contributed by atoms with E-state index in [0.717, 1.165) is 18.2 Å². The zero-order chi connectivity index (χ0) is 10.1. The van der Waals surface area contributed by atoms with Crippen LogP contribution in [0.25, 0.3) is 0 Å². The fourth-order valence-corrected chi connectivity index (χ4v) is 3.55. The van der Waals surface area contributed by atoms with Crippen molar-refractivity contribution in [2.24, 2.45) is 16.7 Å². The maximum atomic E-state index is 9.40. The maximum absolute atomic E-state index is 9.40. The number of rotatable bonds is 3. The Balaban J connectivity index is 2.91. The summed E-state index contributed by atoms with van der Waals surface area (Å²) in [5, 5.41) is 19.5. The Hall–Kier alpha value is 0.400. The summed E-state index contributed by atoms with van der Waals surface area (Å²) in [7, 11) is 0. The Morgan fingerprint density at radius 2 is 2.00 bits per heavy atom. The van der Waals surface area contributed by atoms with Gasteiger partial charge >= 0.3 is 0 Å². The molecular weight excluding hydrogens is 232 g/mol. The predicted molar refractivity (Wildman–Crippen MR) is 56.9 cm³/mol. The molecule has 3 heteroatoms. The molecule has 0 amide bonds. The van der Waals surface area contributed by atoms with E-state index < -0.39 is 0 Å². The van der Waals surface area contributed by atoms with Crippen molar-refractivity contribution in [3.05, 3.63) is 0 Å². The minimum Gasteiger partial charge on any atom is -0.396 e. The summed E-state index contributed by atoms with van der Waals surface area (Å²) in [6.45, 7) is 4.72. The first-order valence-electron chi connectivity index (χ1n) is 4.82. The van der Waals surface area contributed by atoms with Gasteiger partial charge in [0, 0.05) is 18.5 Å². The average molecular weight is 251 g/mol. The van der Waals surface area contributed by atoms with Crippen molar-refractivity contribution in [2.45, 2.75) is 26.7 Å². The first-order valence-corrected chi connectivity index (χ1v) is 5.94. The summed E-state index contributed by atoms with van der Waals surface area (Å²) < 4.78 is 0. The highest BCUT2D eigenvalue weighted by molar-refractivity contribution is 9.09. The summed E-state index contributed by atoms with van der Waals surface area (Å²) in [4.78, 5) is 0. The van der Waals surface area contributed by atoms with Gasteiger partial charge in [-0.25, -0.2) is 0 Å². The minimum atomic E-state index is -0.0378. The quantitative estimate of drug-likeness (QED) is 0.751. The van der Waals surface area contributed by atoms with Crippen LogP contribution < -0.4 is 0 Å². The SMILES string of the molecule is C[C@]1(CO)CC[C@H](CO)[C@@]1(C)CBr. The summed E-state index contributed by atoms with van der Waals surface area (Å²) in [5.41, 5.74) is -0.0135. The van der Waals surface area contributed by atoms with Gasteiger partial charge in [0.2, 0.25) is 0 Å². The van der Waals surface area contributed by atoms with Crippen molar-refractivity contribution in [3.8, 4) is 0 Å². The molecule has 0 aliphatic heterocycles. The van der Waals surface area contributed by atoms with Crippen LogP contribution in [-0.2, 0) is 0 Å². The molecule has 1 aliphatic rings. The Morgan fingerprint density at radius 3 is 2.38 bits per heavy atom. The second-order valence-electron chi connectivity index (χ2n) is 4.69. The second kappa shape index (κ2) is 3.87. The van der Waals surface area contributed by atoms with E-state index in [9.17, 15) is 10.2 Å². The molecule has 0 spiro atoms. The summed E-state index contributed by atoms with van der Waals surface area (Å²) in [5.74, 6) is 0.323. The fourth-order valence-electron chi connectivity index (χ4n) is 2.41. The first kappa shape index (κ1) is 11.5. The lowest BCUT2D eigenvalue weighted by atomic mass is 9.66. The van der Waals surface area contributed by atoms with E-state index in [1.54, 1.807) is 0 Å². The van der Waals surface area contributed by atoms with Crippen molar-refractivity contribution < 1.29 is 10.2 Å². The highest BCUT2D eigenvalue weighted by Gasteiger charge is 2.52. The van der Waals surface area contributed by atoms with Crippen LogP contribution in [0, 0.1) is 16.7 Å². The Labute approximate surface area is 88.5 Å². The normalized spacial score (nSPS) is 45.5. The molecular formula is C10H19BrO2. The summed E-state index contributed by atoms with van der Waals surface area (Å²) >= 11 is 3.51. The molecule has 0 aromatic rings. The molecule has 0 bridgehead atoms. The van der Waals surface area contributed by atoms with Gasteiger partial charge in [0.25, 0.3) is 0 Å². The number of hydrogen-bond acceptors (Lipinski definition) is 2. The highest BCUT2D eigenvalue weighted by atomic mass is 79.9. The van der Waals surface area contributed by atoms with E-state index >= 15 is 0 Å². The third kappa shape index (κ3) is 1.55. The molecule has 1 fully saturated rings.